The van der Waals surface area contributed by atoms with E-state index < -0.39 is 10.0 Å². The number of rotatable bonds is 4. The van der Waals surface area contributed by atoms with Crippen LogP contribution in [0.3, 0.4) is 0 Å². The van der Waals surface area contributed by atoms with Gasteiger partial charge in [0.1, 0.15) is 0 Å². The van der Waals surface area contributed by atoms with Gasteiger partial charge >= 0.3 is 0 Å². The summed E-state index contributed by atoms with van der Waals surface area (Å²) in [6.07, 6.45) is 3.69. The van der Waals surface area contributed by atoms with Gasteiger partial charge in [-0.1, -0.05) is 13.8 Å². The van der Waals surface area contributed by atoms with Crippen molar-refractivity contribution in [3.05, 3.63) is 24.3 Å². The van der Waals surface area contributed by atoms with Crippen LogP contribution in [0.15, 0.2) is 29.2 Å². The fraction of sp³-hybridized carbons (Fsp3) is 0.600. The maximum Gasteiger partial charge on any atom is 0.240 e. The van der Waals surface area contributed by atoms with Crippen molar-refractivity contribution in [3.8, 4) is 0 Å². The lowest BCUT2D eigenvalue weighted by atomic mass is 9.80. The van der Waals surface area contributed by atoms with Crippen LogP contribution < -0.4 is 10.0 Å². The number of hydrogen-bond acceptors (Lipinski definition) is 3. The molecule has 2 N–H and O–H groups in total. The van der Waals surface area contributed by atoms with Crippen molar-refractivity contribution in [1.82, 2.24) is 4.72 Å². The van der Waals surface area contributed by atoms with Gasteiger partial charge in [0.2, 0.25) is 10.0 Å². The second-order valence-corrected chi connectivity index (χ2v) is 7.76. The lowest BCUT2D eigenvalue weighted by molar-refractivity contribution is 0.276. The quantitative estimate of drug-likeness (QED) is 0.898. The van der Waals surface area contributed by atoms with E-state index >= 15 is 0 Å². The molecule has 1 aromatic rings. The fourth-order valence-corrected chi connectivity index (χ4v) is 3.67. The molecule has 0 spiro atoms. The van der Waals surface area contributed by atoms with Gasteiger partial charge in [-0.3, -0.25) is 0 Å². The van der Waals surface area contributed by atoms with Gasteiger partial charge in [0.05, 0.1) is 4.90 Å². The first-order valence-electron chi connectivity index (χ1n) is 7.22. The maximum atomic E-state index is 11.7. The van der Waals surface area contributed by atoms with Crippen LogP contribution in [-0.2, 0) is 10.0 Å². The summed E-state index contributed by atoms with van der Waals surface area (Å²) in [5, 5.41) is 3.53. The van der Waals surface area contributed by atoms with Gasteiger partial charge in [0.25, 0.3) is 0 Å². The molecule has 0 aromatic heterocycles. The molecular formula is C15H24N2O2S. The molecule has 3 unspecified atom stereocenters. The molecule has 0 aliphatic heterocycles. The summed E-state index contributed by atoms with van der Waals surface area (Å²) < 4.78 is 25.6. The highest BCUT2D eigenvalue weighted by atomic mass is 32.2. The number of nitrogens with one attached hydrogen (secondary N) is 2. The molecule has 0 bridgehead atoms. The van der Waals surface area contributed by atoms with Crippen molar-refractivity contribution in [2.75, 3.05) is 12.4 Å². The van der Waals surface area contributed by atoms with Crippen molar-refractivity contribution in [2.24, 2.45) is 11.8 Å². The highest BCUT2D eigenvalue weighted by molar-refractivity contribution is 7.89. The van der Waals surface area contributed by atoms with Crippen molar-refractivity contribution in [1.29, 1.82) is 0 Å². The van der Waals surface area contributed by atoms with E-state index in [1.54, 1.807) is 12.1 Å². The molecule has 1 saturated carbocycles. The molecule has 112 valence electrons. The predicted molar refractivity (Wildman–Crippen MR) is 82.3 cm³/mol. The highest BCUT2D eigenvalue weighted by Gasteiger charge is 2.25. The smallest absolute Gasteiger partial charge is 0.240 e. The van der Waals surface area contributed by atoms with Crippen LogP contribution in [0.25, 0.3) is 0 Å². The first-order chi connectivity index (χ1) is 9.42. The van der Waals surface area contributed by atoms with E-state index in [-0.39, 0.29) is 0 Å². The minimum atomic E-state index is -3.34. The van der Waals surface area contributed by atoms with Crippen molar-refractivity contribution < 1.29 is 8.42 Å². The summed E-state index contributed by atoms with van der Waals surface area (Å²) in [4.78, 5) is 0.302. The topological polar surface area (TPSA) is 58.2 Å². The molecule has 1 aliphatic carbocycles. The third-order valence-electron chi connectivity index (χ3n) is 4.22. The van der Waals surface area contributed by atoms with Crippen LogP contribution in [0.1, 0.15) is 33.1 Å². The SMILES string of the molecule is CNS(=O)(=O)c1ccc(NC2CCC(C)CC2C)cc1. The molecule has 4 nitrogen and oxygen atoms in total. The van der Waals surface area contributed by atoms with Gasteiger partial charge < -0.3 is 5.32 Å². The first kappa shape index (κ1) is 15.3. The Morgan fingerprint density at radius 2 is 1.75 bits per heavy atom. The van der Waals surface area contributed by atoms with Crippen molar-refractivity contribution in [3.63, 3.8) is 0 Å². The van der Waals surface area contributed by atoms with Crippen LogP contribution in [0.5, 0.6) is 0 Å². The number of hydrogen-bond donors (Lipinski definition) is 2. The third kappa shape index (κ3) is 3.52. The molecule has 1 fully saturated rings. The first-order valence-corrected chi connectivity index (χ1v) is 8.71. The summed E-state index contributed by atoms with van der Waals surface area (Å²) >= 11 is 0. The van der Waals surface area contributed by atoms with Crippen LogP contribution in [0.2, 0.25) is 0 Å². The standard InChI is InChI=1S/C15H24N2O2S/c1-11-4-9-15(12(2)10-11)17-13-5-7-14(8-6-13)20(18,19)16-3/h5-8,11-12,15-17H,4,9-10H2,1-3H3. The molecule has 0 amide bonds. The Bertz CT molecular complexity index is 539. The van der Waals surface area contributed by atoms with E-state index in [0.29, 0.717) is 16.9 Å². The van der Waals surface area contributed by atoms with Crippen LogP contribution >= 0.6 is 0 Å². The number of benzene rings is 1. The Hall–Kier alpha value is -1.07. The Morgan fingerprint density at radius 1 is 1.10 bits per heavy atom. The largest absolute Gasteiger partial charge is 0.382 e. The van der Waals surface area contributed by atoms with E-state index in [0.717, 1.165) is 11.6 Å². The second-order valence-electron chi connectivity index (χ2n) is 5.88. The monoisotopic (exact) mass is 296 g/mol. The molecule has 1 aliphatic rings. The van der Waals surface area contributed by atoms with E-state index in [1.807, 2.05) is 12.1 Å². The molecule has 5 heteroatoms. The molecule has 20 heavy (non-hydrogen) atoms. The van der Waals surface area contributed by atoms with E-state index in [1.165, 1.54) is 26.3 Å². The highest BCUT2D eigenvalue weighted by Crippen LogP contribution is 2.30. The second kappa shape index (κ2) is 6.14. The Balaban J connectivity index is 2.04. The van der Waals surface area contributed by atoms with E-state index in [2.05, 4.69) is 23.9 Å². The van der Waals surface area contributed by atoms with Crippen LogP contribution in [0.4, 0.5) is 5.69 Å². The number of sulfonamides is 1. The normalized spacial score (nSPS) is 27.2. The zero-order valence-electron chi connectivity index (χ0n) is 12.4. The van der Waals surface area contributed by atoms with Gasteiger partial charge in [-0.15, -0.1) is 0 Å². The minimum absolute atomic E-state index is 0.302. The average molecular weight is 296 g/mol. The van der Waals surface area contributed by atoms with E-state index in [4.69, 9.17) is 0 Å². The average Bonchev–Trinajstić information content (AvgIpc) is 2.42. The molecule has 0 radical (unpaired) electrons. The van der Waals surface area contributed by atoms with Crippen LogP contribution in [-0.4, -0.2) is 21.5 Å². The maximum absolute atomic E-state index is 11.7. The zero-order valence-corrected chi connectivity index (χ0v) is 13.2. The molecule has 0 heterocycles. The van der Waals surface area contributed by atoms with Crippen LogP contribution in [0, 0.1) is 11.8 Å². The Kier molecular flexibility index (Phi) is 4.70. The summed E-state index contributed by atoms with van der Waals surface area (Å²) in [6.45, 7) is 4.59. The fourth-order valence-electron chi connectivity index (χ4n) is 2.94. The van der Waals surface area contributed by atoms with Crippen molar-refractivity contribution in [2.45, 2.75) is 44.0 Å². The summed E-state index contributed by atoms with van der Waals surface area (Å²) in [5.41, 5.74) is 0.992. The molecule has 1 aromatic carbocycles. The summed E-state index contributed by atoms with van der Waals surface area (Å²) in [5.74, 6) is 1.46. The minimum Gasteiger partial charge on any atom is -0.382 e. The molecule has 3 atom stereocenters. The zero-order chi connectivity index (χ0) is 14.8. The van der Waals surface area contributed by atoms with Gasteiger partial charge in [0.15, 0.2) is 0 Å². The Labute approximate surface area is 122 Å². The third-order valence-corrected chi connectivity index (χ3v) is 5.65. The molecular weight excluding hydrogens is 272 g/mol. The van der Waals surface area contributed by atoms with Crippen molar-refractivity contribution >= 4 is 15.7 Å². The molecule has 2 rings (SSSR count). The van der Waals surface area contributed by atoms with E-state index in [9.17, 15) is 8.42 Å². The summed E-state index contributed by atoms with van der Waals surface area (Å²) in [6, 6.07) is 7.45. The van der Waals surface area contributed by atoms with Gasteiger partial charge in [-0.2, -0.15) is 0 Å². The lowest BCUT2D eigenvalue weighted by Gasteiger charge is -2.33. The molecule has 0 saturated heterocycles. The van der Waals surface area contributed by atoms with Gasteiger partial charge in [0, 0.05) is 11.7 Å². The lowest BCUT2D eigenvalue weighted by Crippen LogP contribution is -2.33. The summed E-state index contributed by atoms with van der Waals surface area (Å²) in [7, 11) is -1.92. The Morgan fingerprint density at radius 3 is 2.30 bits per heavy atom. The predicted octanol–water partition coefficient (Wildman–Crippen LogP) is 2.83. The number of anilines is 1. The van der Waals surface area contributed by atoms with Gasteiger partial charge in [-0.25, -0.2) is 13.1 Å². The van der Waals surface area contributed by atoms with Gasteiger partial charge in [-0.05, 0) is 62.4 Å².